The number of esters is 1. The second kappa shape index (κ2) is 9.13. The van der Waals surface area contributed by atoms with Gasteiger partial charge in [0.1, 0.15) is 5.60 Å². The molecule has 4 unspecified atom stereocenters. The first-order valence-electron chi connectivity index (χ1n) is 9.53. The van der Waals surface area contributed by atoms with Crippen LogP contribution in [0.1, 0.15) is 64.0 Å². The SMILES string of the molecule is CCCC(C)(O)C(=O)C(OC(=O)C1CCCCC1C(=O)O)c1ccccc1. The van der Waals surface area contributed by atoms with Crippen LogP contribution < -0.4 is 0 Å². The number of carbonyl (C=O) groups excluding carboxylic acids is 2. The van der Waals surface area contributed by atoms with E-state index in [4.69, 9.17) is 4.74 Å². The number of aliphatic carboxylic acids is 1. The molecule has 148 valence electrons. The van der Waals surface area contributed by atoms with Crippen LogP contribution in [0.4, 0.5) is 0 Å². The Morgan fingerprint density at radius 2 is 1.74 bits per heavy atom. The van der Waals surface area contributed by atoms with Gasteiger partial charge in [-0.3, -0.25) is 14.4 Å². The minimum atomic E-state index is -1.63. The first-order valence-corrected chi connectivity index (χ1v) is 9.53. The van der Waals surface area contributed by atoms with Gasteiger partial charge in [-0.2, -0.15) is 0 Å². The van der Waals surface area contributed by atoms with Crippen LogP contribution in [-0.2, 0) is 19.1 Å². The van der Waals surface area contributed by atoms with Crippen molar-refractivity contribution in [2.24, 2.45) is 11.8 Å². The summed E-state index contributed by atoms with van der Waals surface area (Å²) in [6, 6.07) is 8.54. The summed E-state index contributed by atoms with van der Waals surface area (Å²) in [6.45, 7) is 3.27. The molecule has 6 heteroatoms. The fraction of sp³-hybridized carbons (Fsp3) is 0.571. The Kier molecular flexibility index (Phi) is 7.13. The summed E-state index contributed by atoms with van der Waals surface area (Å²) in [5, 5.41) is 19.9. The molecule has 0 saturated heterocycles. The lowest BCUT2D eigenvalue weighted by Gasteiger charge is -2.31. The normalized spacial score (nSPS) is 23.1. The third kappa shape index (κ3) is 5.16. The molecule has 0 heterocycles. The summed E-state index contributed by atoms with van der Waals surface area (Å²) in [5.41, 5.74) is -1.16. The minimum Gasteiger partial charge on any atom is -0.481 e. The van der Waals surface area contributed by atoms with E-state index in [0.29, 0.717) is 24.8 Å². The molecular formula is C21H28O6. The van der Waals surface area contributed by atoms with Crippen molar-refractivity contribution in [1.82, 2.24) is 0 Å². The molecule has 0 amide bonds. The molecule has 0 aliphatic heterocycles. The summed E-state index contributed by atoms with van der Waals surface area (Å²) in [7, 11) is 0. The number of hydrogen-bond donors (Lipinski definition) is 2. The van der Waals surface area contributed by atoms with Gasteiger partial charge in [-0.15, -0.1) is 0 Å². The Labute approximate surface area is 159 Å². The fourth-order valence-electron chi connectivity index (χ4n) is 3.71. The molecule has 2 rings (SSSR count). The Hall–Kier alpha value is -2.21. The zero-order valence-corrected chi connectivity index (χ0v) is 15.9. The summed E-state index contributed by atoms with van der Waals surface area (Å²) in [5.74, 6) is -3.86. The minimum absolute atomic E-state index is 0.244. The van der Waals surface area contributed by atoms with Gasteiger partial charge in [-0.1, -0.05) is 56.5 Å². The van der Waals surface area contributed by atoms with Crippen LogP contribution in [0.2, 0.25) is 0 Å². The van der Waals surface area contributed by atoms with Gasteiger partial charge in [0.05, 0.1) is 11.8 Å². The van der Waals surface area contributed by atoms with Gasteiger partial charge < -0.3 is 14.9 Å². The topological polar surface area (TPSA) is 101 Å². The Morgan fingerprint density at radius 1 is 1.15 bits per heavy atom. The lowest BCUT2D eigenvalue weighted by atomic mass is 9.79. The molecule has 0 spiro atoms. The van der Waals surface area contributed by atoms with Crippen LogP contribution in [0.15, 0.2) is 30.3 Å². The van der Waals surface area contributed by atoms with E-state index in [1.54, 1.807) is 30.3 Å². The summed E-state index contributed by atoms with van der Waals surface area (Å²) >= 11 is 0. The third-order valence-electron chi connectivity index (χ3n) is 5.23. The summed E-state index contributed by atoms with van der Waals surface area (Å²) in [6.07, 6.45) is 1.94. The molecule has 1 aromatic carbocycles. The lowest BCUT2D eigenvalue weighted by molar-refractivity contribution is -0.171. The first-order chi connectivity index (χ1) is 12.8. The van der Waals surface area contributed by atoms with Gasteiger partial charge in [-0.05, 0) is 26.2 Å². The quantitative estimate of drug-likeness (QED) is 0.675. The third-order valence-corrected chi connectivity index (χ3v) is 5.23. The maximum absolute atomic E-state index is 12.9. The highest BCUT2D eigenvalue weighted by Gasteiger charge is 2.42. The van der Waals surface area contributed by atoms with Crippen LogP contribution >= 0.6 is 0 Å². The molecule has 0 aromatic heterocycles. The zero-order valence-electron chi connectivity index (χ0n) is 15.9. The van der Waals surface area contributed by atoms with Crippen LogP contribution in [0.25, 0.3) is 0 Å². The molecule has 1 aliphatic carbocycles. The number of ketones is 1. The number of carboxylic acids is 1. The molecule has 6 nitrogen and oxygen atoms in total. The molecule has 1 saturated carbocycles. The van der Waals surface area contributed by atoms with Crippen molar-refractivity contribution in [2.75, 3.05) is 0 Å². The molecule has 27 heavy (non-hydrogen) atoms. The Bertz CT molecular complexity index is 667. The van der Waals surface area contributed by atoms with Crippen molar-refractivity contribution in [3.63, 3.8) is 0 Å². The molecular weight excluding hydrogens is 348 g/mol. The lowest BCUT2D eigenvalue weighted by Crippen LogP contribution is -2.42. The molecule has 0 bridgehead atoms. The second-order valence-electron chi connectivity index (χ2n) is 7.45. The predicted molar refractivity (Wildman–Crippen MR) is 98.9 cm³/mol. The van der Waals surface area contributed by atoms with Gasteiger partial charge in [0.2, 0.25) is 5.78 Å². The van der Waals surface area contributed by atoms with E-state index in [1.807, 2.05) is 6.92 Å². The highest BCUT2D eigenvalue weighted by molar-refractivity contribution is 5.93. The number of hydrogen-bond acceptors (Lipinski definition) is 5. The molecule has 1 fully saturated rings. The van der Waals surface area contributed by atoms with Crippen molar-refractivity contribution < 1.29 is 29.3 Å². The maximum atomic E-state index is 12.9. The molecule has 1 aromatic rings. The van der Waals surface area contributed by atoms with E-state index in [-0.39, 0.29) is 6.42 Å². The van der Waals surface area contributed by atoms with Crippen molar-refractivity contribution in [3.05, 3.63) is 35.9 Å². The van der Waals surface area contributed by atoms with Crippen LogP contribution in [-0.4, -0.2) is 33.5 Å². The summed E-state index contributed by atoms with van der Waals surface area (Å²) < 4.78 is 5.54. The average molecular weight is 376 g/mol. The number of ether oxygens (including phenoxy) is 1. The smallest absolute Gasteiger partial charge is 0.310 e. The second-order valence-corrected chi connectivity index (χ2v) is 7.45. The van der Waals surface area contributed by atoms with E-state index in [1.165, 1.54) is 6.92 Å². The van der Waals surface area contributed by atoms with Gasteiger partial charge in [-0.25, -0.2) is 0 Å². The molecule has 1 aliphatic rings. The number of carbonyl (C=O) groups is 3. The largest absolute Gasteiger partial charge is 0.481 e. The standard InChI is InChI=1S/C21H28O6/c1-3-13-21(2,26)18(22)17(14-9-5-4-6-10-14)27-20(25)16-12-8-7-11-15(16)19(23)24/h4-6,9-10,15-17,26H,3,7-8,11-13H2,1-2H3,(H,23,24). The van der Waals surface area contributed by atoms with Gasteiger partial charge in [0.15, 0.2) is 6.10 Å². The van der Waals surface area contributed by atoms with Crippen LogP contribution in [0.3, 0.4) is 0 Å². The van der Waals surface area contributed by atoms with Crippen molar-refractivity contribution >= 4 is 17.7 Å². The van der Waals surface area contributed by atoms with Gasteiger partial charge in [0, 0.05) is 5.56 Å². The molecule has 4 atom stereocenters. The molecule has 2 N–H and O–H groups in total. The van der Waals surface area contributed by atoms with E-state index in [9.17, 15) is 24.6 Å². The van der Waals surface area contributed by atoms with E-state index in [2.05, 4.69) is 0 Å². The zero-order chi connectivity index (χ0) is 20.0. The van der Waals surface area contributed by atoms with Crippen molar-refractivity contribution in [1.29, 1.82) is 0 Å². The molecule has 0 radical (unpaired) electrons. The Morgan fingerprint density at radius 3 is 2.30 bits per heavy atom. The Balaban J connectivity index is 2.27. The van der Waals surface area contributed by atoms with Crippen molar-refractivity contribution in [2.45, 2.75) is 64.1 Å². The van der Waals surface area contributed by atoms with E-state index >= 15 is 0 Å². The van der Waals surface area contributed by atoms with E-state index < -0.39 is 41.3 Å². The number of Topliss-reactive ketones (excluding diaryl/α,β-unsaturated/α-hetero) is 1. The van der Waals surface area contributed by atoms with Crippen LogP contribution in [0.5, 0.6) is 0 Å². The maximum Gasteiger partial charge on any atom is 0.310 e. The predicted octanol–water partition coefficient (Wildman–Crippen LogP) is 3.28. The van der Waals surface area contributed by atoms with Gasteiger partial charge >= 0.3 is 11.9 Å². The number of rotatable bonds is 8. The summed E-state index contributed by atoms with van der Waals surface area (Å²) in [4.78, 5) is 37.2. The first kappa shape index (κ1) is 21.1. The van der Waals surface area contributed by atoms with Gasteiger partial charge in [0.25, 0.3) is 0 Å². The fourth-order valence-corrected chi connectivity index (χ4v) is 3.71. The van der Waals surface area contributed by atoms with Crippen LogP contribution in [0, 0.1) is 11.8 Å². The highest BCUT2D eigenvalue weighted by Crippen LogP contribution is 2.34. The number of benzene rings is 1. The monoisotopic (exact) mass is 376 g/mol. The van der Waals surface area contributed by atoms with Crippen molar-refractivity contribution in [3.8, 4) is 0 Å². The average Bonchev–Trinajstić information content (AvgIpc) is 2.66. The number of aliphatic hydroxyl groups is 1. The number of carboxylic acid groups (broad SMARTS) is 1. The highest BCUT2D eigenvalue weighted by atomic mass is 16.5. The van der Waals surface area contributed by atoms with E-state index in [0.717, 1.165) is 12.8 Å².